The van der Waals surface area contributed by atoms with Gasteiger partial charge in [0.05, 0.1) is 6.61 Å². The highest BCUT2D eigenvalue weighted by Crippen LogP contribution is 2.18. The second kappa shape index (κ2) is 4.32. The van der Waals surface area contributed by atoms with Crippen LogP contribution in [-0.2, 0) is 0 Å². The third-order valence-electron chi connectivity index (χ3n) is 1.77. The summed E-state index contributed by atoms with van der Waals surface area (Å²) >= 11 is 0. The zero-order valence-electron chi connectivity index (χ0n) is 9.21. The van der Waals surface area contributed by atoms with Crippen molar-refractivity contribution in [3.8, 4) is 5.75 Å². The Labute approximate surface area is 86.4 Å². The van der Waals surface area contributed by atoms with E-state index in [4.69, 9.17) is 4.74 Å². The van der Waals surface area contributed by atoms with Crippen molar-refractivity contribution in [2.45, 2.75) is 20.8 Å². The van der Waals surface area contributed by atoms with Crippen molar-refractivity contribution in [2.75, 3.05) is 6.61 Å². The van der Waals surface area contributed by atoms with Gasteiger partial charge in [0.2, 0.25) is 0 Å². The molecule has 0 aromatic heterocycles. The summed E-state index contributed by atoms with van der Waals surface area (Å²) < 4.78 is 5.67. The highest BCUT2D eigenvalue weighted by Gasteiger charge is 2.10. The molecular weight excluding hydrogens is 172 g/mol. The second-order valence-corrected chi connectivity index (χ2v) is 4.63. The summed E-state index contributed by atoms with van der Waals surface area (Å²) in [7, 11) is 0. The van der Waals surface area contributed by atoms with Gasteiger partial charge in [0, 0.05) is 0 Å². The molecule has 0 amide bonds. The molecule has 1 nitrogen and oxygen atoms in total. The molecule has 14 heavy (non-hydrogen) atoms. The molecule has 0 heterocycles. The maximum Gasteiger partial charge on any atom is 0.119 e. The monoisotopic (exact) mass is 190 g/mol. The number of hydrogen-bond acceptors (Lipinski definition) is 1. The van der Waals surface area contributed by atoms with Crippen molar-refractivity contribution in [3.63, 3.8) is 0 Å². The van der Waals surface area contributed by atoms with Crippen LogP contribution in [0.25, 0.3) is 6.08 Å². The molecule has 0 aliphatic heterocycles. The van der Waals surface area contributed by atoms with Crippen LogP contribution in [0.1, 0.15) is 26.3 Å². The average molecular weight is 190 g/mol. The molecule has 1 heteroatoms. The fourth-order valence-electron chi connectivity index (χ4n) is 1.03. The number of benzene rings is 1. The normalized spacial score (nSPS) is 11.1. The van der Waals surface area contributed by atoms with Crippen molar-refractivity contribution in [2.24, 2.45) is 5.41 Å². The lowest BCUT2D eigenvalue weighted by Gasteiger charge is -2.18. The standard InChI is InChI=1S/C13H18O/c1-5-11-7-6-8-12(9-11)14-10-13(2,3)4/h5-9H,1,10H2,2-4H3. The van der Waals surface area contributed by atoms with E-state index in [2.05, 4.69) is 27.4 Å². The molecule has 0 saturated heterocycles. The predicted octanol–water partition coefficient (Wildman–Crippen LogP) is 3.75. The SMILES string of the molecule is C=Cc1cccc(OCC(C)(C)C)c1. The lowest BCUT2D eigenvalue weighted by molar-refractivity contribution is 0.198. The van der Waals surface area contributed by atoms with Crippen LogP contribution in [0.4, 0.5) is 0 Å². The molecular formula is C13H18O. The van der Waals surface area contributed by atoms with E-state index in [9.17, 15) is 0 Å². The fourth-order valence-corrected chi connectivity index (χ4v) is 1.03. The molecule has 1 aromatic carbocycles. The summed E-state index contributed by atoms with van der Waals surface area (Å²) in [6, 6.07) is 7.96. The minimum Gasteiger partial charge on any atom is -0.493 e. The summed E-state index contributed by atoms with van der Waals surface area (Å²) in [5, 5.41) is 0. The Balaban J connectivity index is 2.63. The van der Waals surface area contributed by atoms with Crippen molar-refractivity contribution < 1.29 is 4.74 Å². The number of rotatable bonds is 3. The Bertz CT molecular complexity index is 307. The molecule has 0 saturated carbocycles. The van der Waals surface area contributed by atoms with Crippen LogP contribution >= 0.6 is 0 Å². The van der Waals surface area contributed by atoms with Gasteiger partial charge in [-0.1, -0.05) is 45.6 Å². The van der Waals surface area contributed by atoms with Gasteiger partial charge >= 0.3 is 0 Å². The minimum atomic E-state index is 0.199. The first-order chi connectivity index (χ1) is 6.51. The zero-order chi connectivity index (χ0) is 10.6. The Morgan fingerprint density at radius 1 is 1.36 bits per heavy atom. The molecule has 1 rings (SSSR count). The van der Waals surface area contributed by atoms with Crippen LogP contribution in [0.2, 0.25) is 0 Å². The van der Waals surface area contributed by atoms with E-state index in [0.717, 1.165) is 17.9 Å². The molecule has 0 unspecified atom stereocenters. The summed E-state index contributed by atoms with van der Waals surface area (Å²) in [5.74, 6) is 0.914. The van der Waals surface area contributed by atoms with E-state index >= 15 is 0 Å². The first kappa shape index (κ1) is 10.8. The van der Waals surface area contributed by atoms with E-state index in [1.165, 1.54) is 0 Å². The van der Waals surface area contributed by atoms with Gasteiger partial charge in [-0.25, -0.2) is 0 Å². The molecule has 0 fully saturated rings. The fraction of sp³-hybridized carbons (Fsp3) is 0.385. The van der Waals surface area contributed by atoms with Crippen LogP contribution in [0.3, 0.4) is 0 Å². The summed E-state index contributed by atoms with van der Waals surface area (Å²) in [4.78, 5) is 0. The lowest BCUT2D eigenvalue weighted by Crippen LogP contribution is -2.16. The van der Waals surface area contributed by atoms with Gasteiger partial charge in [-0.3, -0.25) is 0 Å². The van der Waals surface area contributed by atoms with E-state index in [-0.39, 0.29) is 5.41 Å². The minimum absolute atomic E-state index is 0.199. The molecule has 0 atom stereocenters. The average Bonchev–Trinajstić information content (AvgIpc) is 2.14. The molecule has 0 aliphatic rings. The molecule has 1 aromatic rings. The third-order valence-corrected chi connectivity index (χ3v) is 1.77. The maximum atomic E-state index is 5.67. The predicted molar refractivity (Wildman–Crippen MR) is 61.5 cm³/mol. The number of ether oxygens (including phenoxy) is 1. The van der Waals surface area contributed by atoms with E-state index < -0.39 is 0 Å². The molecule has 0 spiro atoms. The Hall–Kier alpha value is -1.24. The van der Waals surface area contributed by atoms with Crippen LogP contribution in [0, 0.1) is 5.41 Å². The summed E-state index contributed by atoms with van der Waals surface area (Å²) in [5.41, 5.74) is 1.29. The summed E-state index contributed by atoms with van der Waals surface area (Å²) in [6.07, 6.45) is 1.82. The summed E-state index contributed by atoms with van der Waals surface area (Å²) in [6.45, 7) is 10.9. The quantitative estimate of drug-likeness (QED) is 0.705. The Morgan fingerprint density at radius 3 is 2.64 bits per heavy atom. The smallest absolute Gasteiger partial charge is 0.119 e. The topological polar surface area (TPSA) is 9.23 Å². The van der Waals surface area contributed by atoms with Gasteiger partial charge in [0.1, 0.15) is 5.75 Å². The molecule has 76 valence electrons. The Morgan fingerprint density at radius 2 is 2.07 bits per heavy atom. The zero-order valence-corrected chi connectivity index (χ0v) is 9.21. The van der Waals surface area contributed by atoms with Gasteiger partial charge in [-0.2, -0.15) is 0 Å². The van der Waals surface area contributed by atoms with Crippen molar-refractivity contribution >= 4 is 6.08 Å². The Kier molecular flexibility index (Phi) is 3.34. The van der Waals surface area contributed by atoms with Gasteiger partial charge < -0.3 is 4.74 Å². The largest absolute Gasteiger partial charge is 0.493 e. The molecule has 0 bridgehead atoms. The van der Waals surface area contributed by atoms with Gasteiger partial charge in [-0.15, -0.1) is 0 Å². The van der Waals surface area contributed by atoms with E-state index in [1.54, 1.807) is 0 Å². The van der Waals surface area contributed by atoms with Crippen LogP contribution in [0.15, 0.2) is 30.8 Å². The lowest BCUT2D eigenvalue weighted by atomic mass is 9.99. The van der Waals surface area contributed by atoms with Gasteiger partial charge in [0.15, 0.2) is 0 Å². The molecule has 0 N–H and O–H groups in total. The molecule has 0 radical (unpaired) electrons. The first-order valence-electron chi connectivity index (χ1n) is 4.86. The van der Waals surface area contributed by atoms with Crippen LogP contribution in [-0.4, -0.2) is 6.61 Å². The van der Waals surface area contributed by atoms with Crippen molar-refractivity contribution in [1.29, 1.82) is 0 Å². The third kappa shape index (κ3) is 3.65. The van der Waals surface area contributed by atoms with Gasteiger partial charge in [-0.05, 0) is 23.1 Å². The van der Waals surface area contributed by atoms with Crippen LogP contribution in [0.5, 0.6) is 5.75 Å². The first-order valence-corrected chi connectivity index (χ1v) is 4.86. The number of hydrogen-bond donors (Lipinski definition) is 0. The van der Waals surface area contributed by atoms with E-state index in [1.807, 2.05) is 30.3 Å². The second-order valence-electron chi connectivity index (χ2n) is 4.63. The maximum absolute atomic E-state index is 5.67. The highest BCUT2D eigenvalue weighted by molar-refractivity contribution is 5.49. The van der Waals surface area contributed by atoms with E-state index in [0.29, 0.717) is 0 Å². The highest BCUT2D eigenvalue weighted by atomic mass is 16.5. The van der Waals surface area contributed by atoms with Crippen LogP contribution < -0.4 is 4.74 Å². The molecule has 0 aliphatic carbocycles. The van der Waals surface area contributed by atoms with Crippen molar-refractivity contribution in [1.82, 2.24) is 0 Å². The van der Waals surface area contributed by atoms with Gasteiger partial charge in [0.25, 0.3) is 0 Å². The van der Waals surface area contributed by atoms with Crippen molar-refractivity contribution in [3.05, 3.63) is 36.4 Å².